The zero-order valence-electron chi connectivity index (χ0n) is 20.7. The number of rotatable bonds is 6. The molecule has 9 heteroatoms. The summed E-state index contributed by atoms with van der Waals surface area (Å²) in [5.41, 5.74) is 0.939. The van der Waals surface area contributed by atoms with E-state index >= 15 is 0 Å². The Balaban J connectivity index is 0.000000956. The summed E-state index contributed by atoms with van der Waals surface area (Å²) in [5.74, 6) is 0.727. The quantitative estimate of drug-likeness (QED) is 0.429. The number of ether oxygens (including phenoxy) is 2. The molecule has 2 aliphatic rings. The van der Waals surface area contributed by atoms with Crippen molar-refractivity contribution in [2.24, 2.45) is 0 Å². The van der Waals surface area contributed by atoms with E-state index in [0.29, 0.717) is 34.4 Å². The predicted molar refractivity (Wildman–Crippen MR) is 141 cm³/mol. The second kappa shape index (κ2) is 12.6. The highest BCUT2D eigenvalue weighted by molar-refractivity contribution is 6.28. The average Bonchev–Trinajstić information content (AvgIpc) is 3.47. The Morgan fingerprint density at radius 1 is 0.447 bits per heavy atom. The van der Waals surface area contributed by atoms with Crippen molar-refractivity contribution in [3.63, 3.8) is 0 Å². The summed E-state index contributed by atoms with van der Waals surface area (Å²) in [7, 11) is 0. The summed E-state index contributed by atoms with van der Waals surface area (Å²) in [4.78, 5) is 57.2. The van der Waals surface area contributed by atoms with Crippen molar-refractivity contribution in [1.82, 2.24) is 0 Å². The molecule has 0 radical (unpaired) electrons. The molecule has 4 amide bonds. The van der Waals surface area contributed by atoms with Gasteiger partial charge in [0.2, 0.25) is 0 Å². The van der Waals surface area contributed by atoms with Crippen LogP contribution in [-0.4, -0.2) is 30.4 Å². The van der Waals surface area contributed by atoms with Gasteiger partial charge in [0, 0.05) is 24.3 Å². The molecule has 2 aliphatic heterocycles. The first kappa shape index (κ1) is 27.3. The third kappa shape index (κ3) is 6.08. The van der Waals surface area contributed by atoms with Gasteiger partial charge in [-0.2, -0.15) is 0 Å². The molecule has 3 aromatic rings. The number of hydrogen-bond donors (Lipinski definition) is 0. The van der Waals surface area contributed by atoms with E-state index in [0.717, 1.165) is 9.80 Å². The Bertz CT molecular complexity index is 1230. The number of amides is 4. The maximum Gasteiger partial charge on any atom is 0.258 e. The van der Waals surface area contributed by atoms with Gasteiger partial charge in [-0.05, 0) is 72.8 Å². The van der Waals surface area contributed by atoms with E-state index in [-0.39, 0.29) is 23.6 Å². The van der Waals surface area contributed by atoms with Crippen molar-refractivity contribution in [2.45, 2.75) is 13.8 Å². The third-order valence-electron chi connectivity index (χ3n) is 5.10. The molecule has 0 fully saturated rings. The number of carbonyl (C=O) groups is 5. The smallest absolute Gasteiger partial charge is 0.258 e. The predicted octanol–water partition coefficient (Wildman–Crippen LogP) is 4.97. The van der Waals surface area contributed by atoms with Crippen LogP contribution < -0.4 is 19.3 Å². The number of benzene rings is 3. The van der Waals surface area contributed by atoms with Crippen LogP contribution in [0.3, 0.4) is 0 Å². The lowest BCUT2D eigenvalue weighted by atomic mass is 10.2. The fourth-order valence-corrected chi connectivity index (χ4v) is 3.48. The van der Waals surface area contributed by atoms with Gasteiger partial charge in [-0.1, -0.05) is 13.8 Å². The van der Waals surface area contributed by atoms with Gasteiger partial charge in [-0.25, -0.2) is 9.80 Å². The molecule has 0 N–H and O–H groups in total. The number of hydrogen-bond acceptors (Lipinski definition) is 7. The van der Waals surface area contributed by atoms with Crippen LogP contribution in [0.4, 0.5) is 11.4 Å². The molecule has 38 heavy (non-hydrogen) atoms. The Labute approximate surface area is 219 Å². The van der Waals surface area contributed by atoms with Crippen molar-refractivity contribution in [2.75, 3.05) is 9.80 Å². The Kier molecular flexibility index (Phi) is 9.04. The molecule has 5 rings (SSSR count). The first-order valence-electron chi connectivity index (χ1n) is 11.5. The zero-order valence-corrected chi connectivity index (χ0v) is 20.7. The van der Waals surface area contributed by atoms with Gasteiger partial charge < -0.3 is 14.3 Å². The summed E-state index contributed by atoms with van der Waals surface area (Å²) in [5, 5.41) is 0. The molecule has 3 aromatic carbocycles. The van der Waals surface area contributed by atoms with Gasteiger partial charge >= 0.3 is 0 Å². The van der Waals surface area contributed by atoms with Crippen LogP contribution in [0.15, 0.2) is 97.1 Å². The standard InChI is InChI=1S/C26H16N2O6.C2H6.CH2O/c29-23-13-14-24(30)27(23)17-1-5-19(6-2-17)33-21-9-11-22(12-10-21)34-20-7-3-18(4-8-20)28-25(31)15-16-26(28)32;2*1-2/h1-16H;1-2H3;1H2. The van der Waals surface area contributed by atoms with Crippen LogP contribution in [0.2, 0.25) is 0 Å². The lowest BCUT2D eigenvalue weighted by Crippen LogP contribution is -2.29. The topological polar surface area (TPSA) is 110 Å². The highest BCUT2D eigenvalue weighted by atomic mass is 16.5. The molecule has 192 valence electrons. The second-order valence-electron chi connectivity index (χ2n) is 7.35. The van der Waals surface area contributed by atoms with E-state index in [1.807, 2.05) is 20.6 Å². The summed E-state index contributed by atoms with van der Waals surface area (Å²) in [6.07, 6.45) is 4.94. The first-order valence-corrected chi connectivity index (χ1v) is 11.5. The molecule has 0 spiro atoms. The van der Waals surface area contributed by atoms with E-state index in [1.54, 1.807) is 72.8 Å². The van der Waals surface area contributed by atoms with E-state index in [4.69, 9.17) is 14.3 Å². The molecule has 2 heterocycles. The molecular formula is C29H24N2O7. The van der Waals surface area contributed by atoms with Crippen LogP contribution in [0, 0.1) is 0 Å². The monoisotopic (exact) mass is 512 g/mol. The molecule has 0 bridgehead atoms. The number of carbonyl (C=O) groups excluding carboxylic acids is 5. The summed E-state index contributed by atoms with van der Waals surface area (Å²) < 4.78 is 11.6. The Morgan fingerprint density at radius 3 is 0.895 bits per heavy atom. The number of anilines is 2. The van der Waals surface area contributed by atoms with Gasteiger partial charge in [0.25, 0.3) is 23.6 Å². The highest BCUT2D eigenvalue weighted by Gasteiger charge is 2.25. The van der Waals surface area contributed by atoms with Gasteiger partial charge in [-0.15, -0.1) is 0 Å². The minimum atomic E-state index is -0.376. The van der Waals surface area contributed by atoms with Crippen molar-refractivity contribution in [3.8, 4) is 23.0 Å². The number of nitrogens with zero attached hydrogens (tertiary/aromatic N) is 2. The molecule has 0 saturated carbocycles. The first-order chi connectivity index (χ1) is 18.5. The largest absolute Gasteiger partial charge is 0.457 e. The fourth-order valence-electron chi connectivity index (χ4n) is 3.48. The summed E-state index contributed by atoms with van der Waals surface area (Å²) >= 11 is 0. The van der Waals surface area contributed by atoms with Crippen LogP contribution in [-0.2, 0) is 24.0 Å². The Morgan fingerprint density at radius 2 is 0.658 bits per heavy atom. The molecule has 0 unspecified atom stereocenters. The zero-order chi connectivity index (χ0) is 27.7. The molecular weight excluding hydrogens is 488 g/mol. The second-order valence-corrected chi connectivity index (χ2v) is 7.35. The fraction of sp³-hybridized carbons (Fsp3) is 0.0690. The molecule has 0 saturated heterocycles. The van der Waals surface area contributed by atoms with Gasteiger partial charge in [0.15, 0.2) is 0 Å². The number of imide groups is 2. The van der Waals surface area contributed by atoms with Gasteiger partial charge in [-0.3, -0.25) is 19.2 Å². The minimum Gasteiger partial charge on any atom is -0.457 e. The SMILES string of the molecule is C=O.CC.O=C1C=CC(=O)N1c1ccc(Oc2ccc(Oc3ccc(N4C(=O)C=CC4=O)cc3)cc2)cc1. The third-order valence-corrected chi connectivity index (χ3v) is 5.10. The minimum absolute atomic E-state index is 0.376. The Hall–Kier alpha value is -5.31. The van der Waals surface area contributed by atoms with Crippen molar-refractivity contribution < 1.29 is 33.4 Å². The van der Waals surface area contributed by atoms with Crippen LogP contribution in [0.25, 0.3) is 0 Å². The lowest BCUT2D eigenvalue weighted by Gasteiger charge is -2.15. The van der Waals surface area contributed by atoms with Gasteiger partial charge in [0.1, 0.15) is 29.8 Å². The maximum absolute atomic E-state index is 11.8. The maximum atomic E-state index is 11.8. The van der Waals surface area contributed by atoms with Crippen molar-refractivity contribution >= 4 is 41.8 Å². The summed E-state index contributed by atoms with van der Waals surface area (Å²) in [6.45, 7) is 6.00. The lowest BCUT2D eigenvalue weighted by molar-refractivity contribution is -0.121. The molecule has 9 nitrogen and oxygen atoms in total. The van der Waals surface area contributed by atoms with E-state index < -0.39 is 0 Å². The van der Waals surface area contributed by atoms with E-state index in [9.17, 15) is 19.2 Å². The van der Waals surface area contributed by atoms with Crippen LogP contribution in [0.5, 0.6) is 23.0 Å². The van der Waals surface area contributed by atoms with Gasteiger partial charge in [0.05, 0.1) is 11.4 Å². The van der Waals surface area contributed by atoms with E-state index in [1.165, 1.54) is 24.3 Å². The molecule has 0 aliphatic carbocycles. The van der Waals surface area contributed by atoms with Crippen molar-refractivity contribution in [1.29, 1.82) is 0 Å². The van der Waals surface area contributed by atoms with Crippen LogP contribution in [0.1, 0.15) is 13.8 Å². The molecule has 0 aromatic heterocycles. The average molecular weight is 513 g/mol. The van der Waals surface area contributed by atoms with E-state index in [2.05, 4.69) is 0 Å². The normalized spacial score (nSPS) is 13.6. The molecule has 0 atom stereocenters. The van der Waals surface area contributed by atoms with Crippen molar-refractivity contribution in [3.05, 3.63) is 97.1 Å². The summed E-state index contributed by atoms with van der Waals surface area (Å²) in [6, 6.07) is 20.2. The highest BCUT2D eigenvalue weighted by Crippen LogP contribution is 2.30. The van der Waals surface area contributed by atoms with Crippen LogP contribution >= 0.6 is 0 Å².